The smallest absolute Gasteiger partial charge is 0.358 e. The number of nitrogens with zero attached hydrogens (tertiary/aromatic N) is 3. The van der Waals surface area contributed by atoms with Gasteiger partial charge in [0.25, 0.3) is 0 Å². The number of carbonyl (C=O) groups is 2. The molecule has 0 saturated carbocycles. The molecule has 9 nitrogen and oxygen atoms in total. The van der Waals surface area contributed by atoms with Crippen LogP contribution in [-0.2, 0) is 14.6 Å². The van der Waals surface area contributed by atoms with E-state index in [9.17, 15) is 18.0 Å². The monoisotopic (exact) mass is 364 g/mol. The van der Waals surface area contributed by atoms with Crippen LogP contribution in [0.3, 0.4) is 0 Å². The minimum absolute atomic E-state index is 0.0298. The number of anilines is 1. The van der Waals surface area contributed by atoms with Gasteiger partial charge in [0.15, 0.2) is 15.5 Å². The average molecular weight is 364 g/mol. The molecule has 25 heavy (non-hydrogen) atoms. The summed E-state index contributed by atoms with van der Waals surface area (Å²) in [6.45, 7) is 0. The van der Waals surface area contributed by atoms with Gasteiger partial charge in [0, 0.05) is 5.69 Å². The van der Waals surface area contributed by atoms with Crippen LogP contribution in [0.5, 0.6) is 0 Å². The average Bonchev–Trinajstić information content (AvgIpc) is 3.05. The Balaban J connectivity index is 1.79. The van der Waals surface area contributed by atoms with Crippen molar-refractivity contribution in [3.8, 4) is 5.69 Å². The Morgan fingerprint density at radius 2 is 2.08 bits per heavy atom. The zero-order valence-corrected chi connectivity index (χ0v) is 13.9. The fraction of sp³-hybridized carbons (Fsp3) is 0.333. The predicted molar refractivity (Wildman–Crippen MR) is 88.4 cm³/mol. The quantitative estimate of drug-likeness (QED) is 0.823. The van der Waals surface area contributed by atoms with Gasteiger partial charge in [-0.05, 0) is 31.0 Å². The lowest BCUT2D eigenvalue weighted by Gasteiger charge is -2.21. The summed E-state index contributed by atoms with van der Waals surface area (Å²) in [5, 5.41) is 17.7. The van der Waals surface area contributed by atoms with Crippen molar-refractivity contribution in [2.75, 3.05) is 11.1 Å². The van der Waals surface area contributed by atoms with Crippen molar-refractivity contribution in [3.63, 3.8) is 0 Å². The highest BCUT2D eigenvalue weighted by Gasteiger charge is 2.34. The molecule has 1 saturated heterocycles. The van der Waals surface area contributed by atoms with Crippen LogP contribution >= 0.6 is 0 Å². The molecule has 2 heterocycles. The first-order valence-corrected chi connectivity index (χ1v) is 9.37. The molecule has 0 radical (unpaired) electrons. The molecule has 1 fully saturated rings. The van der Waals surface area contributed by atoms with Gasteiger partial charge in [-0.1, -0.05) is 17.7 Å². The van der Waals surface area contributed by atoms with Gasteiger partial charge in [-0.15, -0.1) is 5.10 Å². The number of nitrogens with one attached hydrogen (secondary N) is 1. The number of carbonyl (C=O) groups excluding carboxylic acids is 1. The Hall–Kier alpha value is -2.75. The maximum absolute atomic E-state index is 12.3. The van der Waals surface area contributed by atoms with Crippen molar-refractivity contribution in [1.82, 2.24) is 15.0 Å². The first kappa shape index (κ1) is 17.1. The van der Waals surface area contributed by atoms with Crippen molar-refractivity contribution in [2.45, 2.75) is 24.5 Å². The van der Waals surface area contributed by atoms with E-state index < -0.39 is 27.0 Å². The fourth-order valence-electron chi connectivity index (χ4n) is 2.69. The summed E-state index contributed by atoms with van der Waals surface area (Å²) in [7, 11) is -3.42. The number of aromatic carboxylic acids is 1. The molecule has 1 aliphatic rings. The highest BCUT2D eigenvalue weighted by molar-refractivity contribution is 7.92. The summed E-state index contributed by atoms with van der Waals surface area (Å²) in [4.78, 5) is 23.2. The Kier molecular flexibility index (Phi) is 4.53. The van der Waals surface area contributed by atoms with Crippen LogP contribution in [-0.4, -0.2) is 51.4 Å². The number of rotatable bonds is 4. The number of hydrogen-bond donors (Lipinski definition) is 2. The molecular formula is C15H16N4O5S. The maximum atomic E-state index is 12.3. The van der Waals surface area contributed by atoms with Gasteiger partial charge in [0.2, 0.25) is 5.91 Å². The van der Waals surface area contributed by atoms with Crippen LogP contribution in [0.1, 0.15) is 29.8 Å². The fourth-order valence-corrected chi connectivity index (χ4v) is 4.49. The highest BCUT2D eigenvalue weighted by Crippen LogP contribution is 2.22. The molecule has 1 aromatic heterocycles. The molecule has 132 valence electrons. The van der Waals surface area contributed by atoms with E-state index >= 15 is 0 Å². The Morgan fingerprint density at radius 3 is 2.76 bits per heavy atom. The number of hydrogen-bond acceptors (Lipinski definition) is 6. The van der Waals surface area contributed by atoms with E-state index in [2.05, 4.69) is 15.6 Å². The van der Waals surface area contributed by atoms with E-state index in [-0.39, 0.29) is 11.4 Å². The van der Waals surface area contributed by atoms with Crippen molar-refractivity contribution >= 4 is 27.4 Å². The Bertz CT molecular complexity index is 922. The normalized spacial score (nSPS) is 19.3. The van der Waals surface area contributed by atoms with Crippen LogP contribution in [0.15, 0.2) is 30.5 Å². The number of aromatic nitrogens is 3. The third-order valence-corrected chi connectivity index (χ3v) is 6.14. The molecule has 0 aliphatic carbocycles. The molecule has 1 aromatic carbocycles. The van der Waals surface area contributed by atoms with Gasteiger partial charge < -0.3 is 10.4 Å². The minimum Gasteiger partial charge on any atom is -0.476 e. The Labute approximate surface area is 143 Å². The van der Waals surface area contributed by atoms with Crippen LogP contribution in [0.2, 0.25) is 0 Å². The van der Waals surface area contributed by atoms with E-state index in [0.29, 0.717) is 30.6 Å². The lowest BCUT2D eigenvalue weighted by atomic mass is 10.1. The lowest BCUT2D eigenvalue weighted by molar-refractivity contribution is -0.116. The van der Waals surface area contributed by atoms with Gasteiger partial charge in [0.05, 0.1) is 17.6 Å². The standard InChI is InChI=1S/C15H16N4O5S/c20-14(13-6-1-2-7-25(13,23)24)16-10-4-3-5-11(8-10)19-9-12(15(21)22)17-18-19/h3-5,8-9,13H,1-2,6-7H2,(H,16,20)(H,21,22). The second-order valence-electron chi connectivity index (χ2n) is 5.74. The van der Waals surface area contributed by atoms with E-state index in [0.717, 1.165) is 0 Å². The largest absolute Gasteiger partial charge is 0.476 e. The lowest BCUT2D eigenvalue weighted by Crippen LogP contribution is -2.39. The summed E-state index contributed by atoms with van der Waals surface area (Å²) < 4.78 is 25.3. The molecule has 10 heteroatoms. The topological polar surface area (TPSA) is 131 Å². The number of carboxylic acid groups (broad SMARTS) is 1. The minimum atomic E-state index is -3.42. The second-order valence-corrected chi connectivity index (χ2v) is 8.05. The summed E-state index contributed by atoms with van der Waals surface area (Å²) in [6.07, 6.45) is 2.85. The molecule has 2 N–H and O–H groups in total. The van der Waals surface area contributed by atoms with Gasteiger partial charge in [-0.2, -0.15) is 0 Å². The Morgan fingerprint density at radius 1 is 1.28 bits per heavy atom. The summed E-state index contributed by atoms with van der Waals surface area (Å²) >= 11 is 0. The zero-order chi connectivity index (χ0) is 18.0. The van der Waals surface area contributed by atoms with Gasteiger partial charge in [-0.25, -0.2) is 17.9 Å². The molecule has 2 aromatic rings. The number of benzene rings is 1. The van der Waals surface area contributed by atoms with Gasteiger partial charge in [-0.3, -0.25) is 4.79 Å². The molecule has 0 bridgehead atoms. The van der Waals surface area contributed by atoms with Crippen molar-refractivity contribution in [1.29, 1.82) is 0 Å². The molecule has 0 spiro atoms. The first-order chi connectivity index (χ1) is 11.9. The van der Waals surface area contributed by atoms with E-state index in [1.807, 2.05) is 0 Å². The molecule has 1 unspecified atom stereocenters. The van der Waals surface area contributed by atoms with Crippen molar-refractivity contribution in [3.05, 3.63) is 36.2 Å². The molecule has 1 amide bonds. The van der Waals surface area contributed by atoms with Crippen LogP contribution < -0.4 is 5.32 Å². The van der Waals surface area contributed by atoms with Crippen LogP contribution in [0.4, 0.5) is 5.69 Å². The molecule has 1 aliphatic heterocycles. The molecular weight excluding hydrogens is 348 g/mol. The predicted octanol–water partition coefficient (Wildman–Crippen LogP) is 0.871. The zero-order valence-electron chi connectivity index (χ0n) is 13.1. The van der Waals surface area contributed by atoms with Gasteiger partial charge >= 0.3 is 5.97 Å². The van der Waals surface area contributed by atoms with E-state index in [1.54, 1.807) is 24.3 Å². The molecule has 1 atom stereocenters. The highest BCUT2D eigenvalue weighted by atomic mass is 32.2. The maximum Gasteiger partial charge on any atom is 0.358 e. The summed E-state index contributed by atoms with van der Waals surface area (Å²) in [6, 6.07) is 6.48. The van der Waals surface area contributed by atoms with Gasteiger partial charge in [0.1, 0.15) is 5.25 Å². The molecule has 3 rings (SSSR count). The third-order valence-electron chi connectivity index (χ3n) is 3.96. The summed E-state index contributed by atoms with van der Waals surface area (Å²) in [5.41, 5.74) is 0.683. The van der Waals surface area contributed by atoms with E-state index in [4.69, 9.17) is 5.11 Å². The van der Waals surface area contributed by atoms with Crippen molar-refractivity contribution in [2.24, 2.45) is 0 Å². The van der Waals surface area contributed by atoms with Crippen LogP contribution in [0, 0.1) is 0 Å². The SMILES string of the molecule is O=C(O)c1cn(-c2cccc(NC(=O)C3CCCCS3(=O)=O)c2)nn1. The third kappa shape index (κ3) is 3.68. The number of carboxylic acids is 1. The number of amides is 1. The number of sulfone groups is 1. The second kappa shape index (κ2) is 6.63. The summed E-state index contributed by atoms with van der Waals surface area (Å²) in [5.74, 6) is -1.72. The van der Waals surface area contributed by atoms with E-state index in [1.165, 1.54) is 10.9 Å². The first-order valence-electron chi connectivity index (χ1n) is 7.65. The van der Waals surface area contributed by atoms with Crippen LogP contribution in [0.25, 0.3) is 5.69 Å². The van der Waals surface area contributed by atoms with Crippen molar-refractivity contribution < 1.29 is 23.1 Å².